The minimum atomic E-state index is -0.0225. The van der Waals surface area contributed by atoms with E-state index in [-0.39, 0.29) is 11.8 Å². The number of anilines is 1. The Hall–Kier alpha value is -3.37. The fourth-order valence-electron chi connectivity index (χ4n) is 5.77. The largest absolute Gasteiger partial charge is 0.347 e. The van der Waals surface area contributed by atoms with Crippen molar-refractivity contribution in [3.05, 3.63) is 101 Å². The van der Waals surface area contributed by atoms with Crippen LogP contribution in [0.2, 0.25) is 0 Å². The maximum Gasteiger partial charge on any atom is 0.225 e. The molecule has 3 N–H and O–H groups in total. The summed E-state index contributed by atoms with van der Waals surface area (Å²) in [4.78, 5) is 13.3. The third-order valence-electron chi connectivity index (χ3n) is 7.68. The van der Waals surface area contributed by atoms with Crippen LogP contribution in [-0.2, 0) is 17.9 Å². The molecule has 1 aliphatic rings. The fraction of sp³-hybridized carbons (Fsp3) is 0.344. The lowest BCUT2D eigenvalue weighted by atomic mass is 9.87. The molecule has 1 saturated carbocycles. The number of rotatable bonds is 8. The van der Waals surface area contributed by atoms with Crippen molar-refractivity contribution in [2.24, 2.45) is 11.7 Å². The molecule has 4 aromatic rings. The molecule has 3 aromatic carbocycles. The summed E-state index contributed by atoms with van der Waals surface area (Å²) in [5.74, 6) is 0.733. The van der Waals surface area contributed by atoms with Crippen molar-refractivity contribution in [1.29, 1.82) is 0 Å². The van der Waals surface area contributed by atoms with E-state index in [2.05, 4.69) is 71.5 Å². The van der Waals surface area contributed by atoms with Crippen LogP contribution in [-0.4, -0.2) is 10.5 Å². The van der Waals surface area contributed by atoms with Gasteiger partial charge in [-0.15, -0.1) is 0 Å². The van der Waals surface area contributed by atoms with Gasteiger partial charge in [-0.05, 0) is 60.6 Å². The molecule has 1 aliphatic carbocycles. The molecular weight excluding hydrogens is 442 g/mol. The Bertz CT molecular complexity index is 1320. The summed E-state index contributed by atoms with van der Waals surface area (Å²) in [5.41, 5.74) is 12.5. The van der Waals surface area contributed by atoms with Gasteiger partial charge in [0.25, 0.3) is 0 Å². The summed E-state index contributed by atoms with van der Waals surface area (Å²) in [6.45, 7) is 3.67. The highest BCUT2D eigenvalue weighted by atomic mass is 16.1. The molecule has 0 saturated heterocycles. The first-order chi connectivity index (χ1) is 17.6. The Morgan fingerprint density at radius 3 is 2.53 bits per heavy atom. The molecule has 0 aliphatic heterocycles. The number of hydrogen-bond acceptors (Lipinski definition) is 2. The Balaban J connectivity index is 1.48. The molecule has 5 rings (SSSR count). The summed E-state index contributed by atoms with van der Waals surface area (Å²) >= 11 is 0. The third kappa shape index (κ3) is 5.55. The average molecular weight is 480 g/mol. The molecular formula is C32H37N3O. The number of nitrogens with one attached hydrogen (secondary N) is 1. The van der Waals surface area contributed by atoms with E-state index in [4.69, 9.17) is 5.73 Å². The zero-order chi connectivity index (χ0) is 24.9. The summed E-state index contributed by atoms with van der Waals surface area (Å²) in [6.07, 6.45) is 9.40. The number of hydrogen-bond donors (Lipinski definition) is 2. The van der Waals surface area contributed by atoms with Crippen LogP contribution in [0.3, 0.4) is 0 Å². The van der Waals surface area contributed by atoms with Crippen molar-refractivity contribution in [3.63, 3.8) is 0 Å². The van der Waals surface area contributed by atoms with Gasteiger partial charge >= 0.3 is 0 Å². The highest BCUT2D eigenvalue weighted by Gasteiger charge is 2.24. The first-order valence-electron chi connectivity index (χ1n) is 13.3. The van der Waals surface area contributed by atoms with E-state index < -0.39 is 0 Å². The normalized spacial score (nSPS) is 15.2. The molecule has 36 heavy (non-hydrogen) atoms. The molecule has 1 aromatic heterocycles. The van der Waals surface area contributed by atoms with Crippen LogP contribution in [0.15, 0.2) is 79.0 Å². The zero-order valence-electron chi connectivity index (χ0n) is 21.2. The maximum absolute atomic E-state index is 13.3. The summed E-state index contributed by atoms with van der Waals surface area (Å²) in [6, 6.07) is 25.1. The van der Waals surface area contributed by atoms with Crippen molar-refractivity contribution in [1.82, 2.24) is 4.57 Å². The molecule has 1 amide bonds. The van der Waals surface area contributed by atoms with Crippen molar-refractivity contribution < 1.29 is 4.79 Å². The van der Waals surface area contributed by atoms with E-state index in [1.807, 2.05) is 24.3 Å². The van der Waals surface area contributed by atoms with Gasteiger partial charge in [0.15, 0.2) is 0 Å². The van der Waals surface area contributed by atoms with E-state index in [9.17, 15) is 4.79 Å². The smallest absolute Gasteiger partial charge is 0.225 e. The second kappa shape index (κ2) is 11.1. The van der Waals surface area contributed by atoms with E-state index in [0.29, 0.717) is 13.0 Å². The molecule has 186 valence electrons. The first-order valence-corrected chi connectivity index (χ1v) is 13.3. The minimum absolute atomic E-state index is 0.0196. The molecule has 0 radical (unpaired) electrons. The molecule has 1 unspecified atom stereocenters. The number of para-hydroxylation sites is 1. The second-order valence-corrected chi connectivity index (χ2v) is 10.4. The highest BCUT2D eigenvalue weighted by Crippen LogP contribution is 2.36. The van der Waals surface area contributed by atoms with Crippen molar-refractivity contribution >= 4 is 22.5 Å². The van der Waals surface area contributed by atoms with Crippen molar-refractivity contribution in [3.8, 4) is 0 Å². The Morgan fingerprint density at radius 2 is 1.78 bits per heavy atom. The zero-order valence-corrected chi connectivity index (χ0v) is 21.2. The monoisotopic (exact) mass is 479 g/mol. The highest BCUT2D eigenvalue weighted by molar-refractivity contribution is 5.93. The molecule has 0 spiro atoms. The second-order valence-electron chi connectivity index (χ2n) is 10.4. The van der Waals surface area contributed by atoms with Crippen molar-refractivity contribution in [2.75, 3.05) is 5.32 Å². The summed E-state index contributed by atoms with van der Waals surface area (Å²) in [5, 5.41) is 4.36. The SMILES string of the molecule is Cc1cccc(C(CC(=O)Nc2ccc(CN)cc2)c2cn(CC3CCCCC3)c3ccccc23)c1. The lowest BCUT2D eigenvalue weighted by molar-refractivity contribution is -0.116. The van der Waals surface area contributed by atoms with Crippen LogP contribution >= 0.6 is 0 Å². The number of carbonyl (C=O) groups excluding carboxylic acids is 1. The van der Waals surface area contributed by atoms with Gasteiger partial charge in [0.1, 0.15) is 0 Å². The lowest BCUT2D eigenvalue weighted by Gasteiger charge is -2.22. The van der Waals surface area contributed by atoms with E-state index in [0.717, 1.165) is 23.7 Å². The van der Waals surface area contributed by atoms with Crippen LogP contribution in [0, 0.1) is 12.8 Å². The van der Waals surface area contributed by atoms with Gasteiger partial charge in [0.2, 0.25) is 5.91 Å². The number of nitrogens with zero attached hydrogens (tertiary/aromatic N) is 1. The van der Waals surface area contributed by atoms with Crippen LogP contribution in [0.1, 0.15) is 66.7 Å². The van der Waals surface area contributed by atoms with E-state index in [1.54, 1.807) is 0 Å². The van der Waals surface area contributed by atoms with Gasteiger partial charge in [0.05, 0.1) is 0 Å². The quantitative estimate of drug-likeness (QED) is 0.282. The lowest BCUT2D eigenvalue weighted by Crippen LogP contribution is -2.17. The third-order valence-corrected chi connectivity index (χ3v) is 7.68. The Kier molecular flexibility index (Phi) is 7.52. The number of benzene rings is 3. The average Bonchev–Trinajstić information content (AvgIpc) is 3.26. The predicted molar refractivity (Wildman–Crippen MR) is 149 cm³/mol. The van der Waals surface area contributed by atoms with Gasteiger partial charge in [-0.2, -0.15) is 0 Å². The van der Waals surface area contributed by atoms with Crippen LogP contribution in [0.5, 0.6) is 0 Å². The maximum atomic E-state index is 13.3. The molecule has 4 heteroatoms. The number of aromatic nitrogens is 1. The Labute approximate surface area is 214 Å². The van der Waals surface area contributed by atoms with Crippen LogP contribution in [0.25, 0.3) is 10.9 Å². The summed E-state index contributed by atoms with van der Waals surface area (Å²) < 4.78 is 2.45. The number of aryl methyl sites for hydroxylation is 1. The first kappa shape index (κ1) is 24.3. The number of nitrogens with two attached hydrogens (primary N) is 1. The van der Waals surface area contributed by atoms with Gasteiger partial charge in [-0.25, -0.2) is 0 Å². The van der Waals surface area contributed by atoms with Crippen LogP contribution in [0.4, 0.5) is 5.69 Å². The fourth-order valence-corrected chi connectivity index (χ4v) is 5.77. The van der Waals surface area contributed by atoms with Gasteiger partial charge in [-0.1, -0.05) is 79.4 Å². The van der Waals surface area contributed by atoms with E-state index in [1.165, 1.54) is 59.7 Å². The molecule has 4 nitrogen and oxygen atoms in total. The minimum Gasteiger partial charge on any atom is -0.347 e. The molecule has 1 fully saturated rings. The topological polar surface area (TPSA) is 60.1 Å². The molecule has 1 heterocycles. The number of amides is 1. The van der Waals surface area contributed by atoms with Crippen LogP contribution < -0.4 is 11.1 Å². The number of fused-ring (bicyclic) bond motifs is 1. The van der Waals surface area contributed by atoms with Gasteiger partial charge < -0.3 is 15.6 Å². The van der Waals surface area contributed by atoms with E-state index >= 15 is 0 Å². The predicted octanol–water partition coefficient (Wildman–Crippen LogP) is 7.15. The van der Waals surface area contributed by atoms with Crippen molar-refractivity contribution in [2.45, 2.75) is 64.5 Å². The van der Waals surface area contributed by atoms with Gasteiger partial charge in [0, 0.05) is 48.2 Å². The molecule has 0 bridgehead atoms. The Morgan fingerprint density at radius 1 is 1.00 bits per heavy atom. The number of carbonyl (C=O) groups is 1. The standard InChI is InChI=1S/C32H37N3O/c1-23-8-7-11-26(18-23)29(19-32(36)34-27-16-14-24(20-33)15-17-27)30-22-35(21-25-9-3-2-4-10-25)31-13-6-5-12-28(30)31/h5-8,11-18,22,25,29H,2-4,9-10,19-21,33H2,1H3,(H,34,36). The molecule has 1 atom stereocenters. The summed E-state index contributed by atoms with van der Waals surface area (Å²) in [7, 11) is 0. The van der Waals surface area contributed by atoms with Gasteiger partial charge in [-0.3, -0.25) is 4.79 Å².